The van der Waals surface area contributed by atoms with Crippen LogP contribution in [0.4, 0.5) is 0 Å². The fourth-order valence-corrected chi connectivity index (χ4v) is 5.04. The summed E-state index contributed by atoms with van der Waals surface area (Å²) in [5.74, 6) is -0.203. The fourth-order valence-electron chi connectivity index (χ4n) is 2.81. The van der Waals surface area contributed by atoms with E-state index in [2.05, 4.69) is 4.99 Å². The minimum atomic E-state index is -3.80. The molecule has 2 aromatic carbocycles. The minimum Gasteiger partial charge on any atom is -0.497 e. The highest BCUT2D eigenvalue weighted by atomic mass is 32.2. The second-order valence-electron chi connectivity index (χ2n) is 5.88. The molecular formula is C19H20N2O5S2. The van der Waals surface area contributed by atoms with E-state index in [1.54, 1.807) is 7.11 Å². The number of ether oxygens (including phenoxy) is 2. The van der Waals surface area contributed by atoms with E-state index >= 15 is 0 Å². The molecule has 1 aromatic heterocycles. The number of hydrogen-bond donors (Lipinski definition) is 0. The van der Waals surface area contributed by atoms with Crippen molar-refractivity contribution in [3.8, 4) is 11.5 Å². The first-order valence-corrected chi connectivity index (χ1v) is 11.0. The molecule has 28 heavy (non-hydrogen) atoms. The number of methoxy groups -OCH3 is 2. The zero-order valence-corrected chi connectivity index (χ0v) is 17.3. The van der Waals surface area contributed by atoms with Gasteiger partial charge in [0.15, 0.2) is 14.6 Å². The van der Waals surface area contributed by atoms with Crippen molar-refractivity contribution in [3.63, 3.8) is 0 Å². The van der Waals surface area contributed by atoms with E-state index in [0.29, 0.717) is 22.8 Å². The van der Waals surface area contributed by atoms with Gasteiger partial charge in [0.1, 0.15) is 22.8 Å². The van der Waals surface area contributed by atoms with Crippen molar-refractivity contribution in [1.29, 1.82) is 0 Å². The topological polar surface area (TPSA) is 87.0 Å². The van der Waals surface area contributed by atoms with Gasteiger partial charge in [-0.3, -0.25) is 4.79 Å². The lowest BCUT2D eigenvalue weighted by Crippen LogP contribution is -2.20. The molecule has 0 fully saturated rings. The van der Waals surface area contributed by atoms with Crippen molar-refractivity contribution in [2.75, 3.05) is 20.0 Å². The highest BCUT2D eigenvalue weighted by Gasteiger charge is 2.20. The lowest BCUT2D eigenvalue weighted by atomic mass is 10.3. The number of sulfone groups is 1. The number of rotatable bonds is 6. The first-order valence-electron chi connectivity index (χ1n) is 8.50. The summed E-state index contributed by atoms with van der Waals surface area (Å²) in [5.41, 5.74) is 0.835. The van der Waals surface area contributed by atoms with Gasteiger partial charge in [-0.2, -0.15) is 4.99 Å². The molecular weight excluding hydrogens is 400 g/mol. The fraction of sp³-hybridized carbons (Fsp3) is 0.263. The molecule has 0 unspecified atom stereocenters. The Morgan fingerprint density at radius 1 is 1.11 bits per heavy atom. The van der Waals surface area contributed by atoms with Gasteiger partial charge in [-0.25, -0.2) is 8.42 Å². The summed E-state index contributed by atoms with van der Waals surface area (Å²) >= 11 is 1.32. The van der Waals surface area contributed by atoms with Crippen molar-refractivity contribution in [2.45, 2.75) is 18.4 Å². The molecule has 0 atom stereocenters. The number of thiazole rings is 1. The van der Waals surface area contributed by atoms with Gasteiger partial charge in [-0.15, -0.1) is 0 Å². The molecule has 1 heterocycles. The molecule has 7 nitrogen and oxygen atoms in total. The summed E-state index contributed by atoms with van der Waals surface area (Å²) in [7, 11) is -0.721. The number of para-hydroxylation sites is 1. The molecule has 3 aromatic rings. The summed E-state index contributed by atoms with van der Waals surface area (Å²) in [6.45, 7) is 2.49. The van der Waals surface area contributed by atoms with Gasteiger partial charge in [0.2, 0.25) is 0 Å². The molecule has 0 N–H and O–H groups in total. The molecule has 0 saturated carbocycles. The number of aryl methyl sites for hydroxylation is 1. The Kier molecular flexibility index (Phi) is 5.85. The van der Waals surface area contributed by atoms with Gasteiger partial charge in [-0.05, 0) is 43.3 Å². The van der Waals surface area contributed by atoms with Crippen LogP contribution in [0.25, 0.3) is 10.2 Å². The number of aromatic nitrogens is 1. The van der Waals surface area contributed by atoms with Gasteiger partial charge in [-0.1, -0.05) is 17.4 Å². The quantitative estimate of drug-likeness (QED) is 0.612. The SMILES string of the molecule is CCn1c(=NC(=O)CS(=O)(=O)c2ccc(OC)cc2)sc2cccc(OC)c21. The van der Waals surface area contributed by atoms with Gasteiger partial charge in [0.05, 0.1) is 23.8 Å². The Labute approximate surface area is 166 Å². The second-order valence-corrected chi connectivity index (χ2v) is 8.87. The predicted octanol–water partition coefficient (Wildman–Crippen LogP) is 2.64. The van der Waals surface area contributed by atoms with Crippen molar-refractivity contribution in [2.24, 2.45) is 4.99 Å². The highest BCUT2D eigenvalue weighted by Crippen LogP contribution is 2.27. The number of fused-ring (bicyclic) bond motifs is 1. The van der Waals surface area contributed by atoms with Crippen LogP contribution in [0.2, 0.25) is 0 Å². The Balaban J connectivity index is 1.96. The predicted molar refractivity (Wildman–Crippen MR) is 108 cm³/mol. The third kappa shape index (κ3) is 3.95. The van der Waals surface area contributed by atoms with Crippen LogP contribution >= 0.6 is 11.3 Å². The maximum atomic E-state index is 12.5. The first-order chi connectivity index (χ1) is 13.4. The van der Waals surface area contributed by atoms with E-state index < -0.39 is 21.5 Å². The number of benzene rings is 2. The summed E-state index contributed by atoms with van der Waals surface area (Å²) < 4.78 is 38.2. The number of carbonyl (C=O) groups excluding carboxylic acids is 1. The van der Waals surface area contributed by atoms with Crippen LogP contribution in [0, 0.1) is 0 Å². The molecule has 0 bridgehead atoms. The van der Waals surface area contributed by atoms with Crippen LogP contribution in [0.15, 0.2) is 52.4 Å². The number of hydrogen-bond acceptors (Lipinski definition) is 6. The molecule has 0 aliphatic heterocycles. The van der Waals surface area contributed by atoms with Crippen LogP contribution in [0.3, 0.4) is 0 Å². The summed E-state index contributed by atoms with van der Waals surface area (Å²) in [6.07, 6.45) is 0. The van der Waals surface area contributed by atoms with E-state index in [4.69, 9.17) is 9.47 Å². The largest absolute Gasteiger partial charge is 0.497 e. The van der Waals surface area contributed by atoms with Crippen LogP contribution in [-0.2, 0) is 21.2 Å². The van der Waals surface area contributed by atoms with E-state index in [9.17, 15) is 13.2 Å². The Hall–Kier alpha value is -2.65. The molecule has 0 saturated heterocycles. The third-order valence-electron chi connectivity index (χ3n) is 4.15. The van der Waals surface area contributed by atoms with E-state index in [-0.39, 0.29) is 4.90 Å². The molecule has 9 heteroatoms. The number of nitrogens with zero attached hydrogens (tertiary/aromatic N) is 2. The maximum absolute atomic E-state index is 12.5. The Morgan fingerprint density at radius 2 is 1.82 bits per heavy atom. The summed E-state index contributed by atoms with van der Waals surface area (Å²) in [4.78, 5) is 17.0. The summed E-state index contributed by atoms with van der Waals surface area (Å²) in [5, 5.41) is 0. The average molecular weight is 421 g/mol. The van der Waals surface area contributed by atoms with Gasteiger partial charge in [0, 0.05) is 6.54 Å². The molecule has 3 rings (SSSR count). The highest BCUT2D eigenvalue weighted by molar-refractivity contribution is 7.92. The Morgan fingerprint density at radius 3 is 2.43 bits per heavy atom. The smallest absolute Gasteiger partial charge is 0.263 e. The minimum absolute atomic E-state index is 0.0539. The van der Waals surface area contributed by atoms with Crippen LogP contribution in [0.5, 0.6) is 11.5 Å². The van der Waals surface area contributed by atoms with Crippen molar-refractivity contribution >= 4 is 37.3 Å². The molecule has 1 amide bonds. The van der Waals surface area contributed by atoms with E-state index in [1.807, 2.05) is 29.7 Å². The normalized spacial score (nSPS) is 12.3. The lowest BCUT2D eigenvalue weighted by Gasteiger charge is -2.06. The summed E-state index contributed by atoms with van der Waals surface area (Å²) in [6, 6.07) is 11.5. The van der Waals surface area contributed by atoms with Crippen LogP contribution in [-0.4, -0.2) is 38.9 Å². The number of carbonyl (C=O) groups is 1. The van der Waals surface area contributed by atoms with Crippen LogP contribution < -0.4 is 14.3 Å². The lowest BCUT2D eigenvalue weighted by molar-refractivity contribution is -0.115. The maximum Gasteiger partial charge on any atom is 0.263 e. The molecule has 0 aliphatic carbocycles. The van der Waals surface area contributed by atoms with Gasteiger partial charge >= 0.3 is 0 Å². The van der Waals surface area contributed by atoms with Crippen molar-refractivity contribution < 1.29 is 22.7 Å². The zero-order valence-electron chi connectivity index (χ0n) is 15.7. The van der Waals surface area contributed by atoms with Gasteiger partial charge < -0.3 is 14.0 Å². The van der Waals surface area contributed by atoms with Gasteiger partial charge in [0.25, 0.3) is 5.91 Å². The molecule has 0 aliphatic rings. The second kappa shape index (κ2) is 8.15. The van der Waals surface area contributed by atoms with Crippen molar-refractivity contribution in [3.05, 3.63) is 47.3 Å². The number of amides is 1. The van der Waals surface area contributed by atoms with Crippen LogP contribution in [0.1, 0.15) is 6.92 Å². The third-order valence-corrected chi connectivity index (χ3v) is 6.81. The molecule has 148 valence electrons. The Bertz CT molecular complexity index is 1180. The molecule has 0 radical (unpaired) electrons. The zero-order chi connectivity index (χ0) is 20.3. The van der Waals surface area contributed by atoms with Crippen molar-refractivity contribution in [1.82, 2.24) is 4.57 Å². The standard InChI is InChI=1S/C19H20N2O5S2/c1-4-21-18-15(26-3)6-5-7-16(18)27-19(21)20-17(22)12-28(23,24)14-10-8-13(25-2)9-11-14/h5-11H,4,12H2,1-3H3. The monoisotopic (exact) mass is 420 g/mol. The first kappa shape index (κ1) is 20.1. The molecule has 0 spiro atoms. The van der Waals surface area contributed by atoms with E-state index in [0.717, 1.165) is 10.2 Å². The van der Waals surface area contributed by atoms with E-state index in [1.165, 1.54) is 42.7 Å². The average Bonchev–Trinajstić information content (AvgIpc) is 3.04.